The highest BCUT2D eigenvalue weighted by Crippen LogP contribution is 2.26. The maximum absolute atomic E-state index is 14.5. The van der Waals surface area contributed by atoms with Crippen molar-refractivity contribution in [2.45, 2.75) is 13.0 Å². The van der Waals surface area contributed by atoms with Crippen molar-refractivity contribution in [2.75, 3.05) is 7.11 Å². The van der Waals surface area contributed by atoms with Crippen molar-refractivity contribution < 1.29 is 18.4 Å². The van der Waals surface area contributed by atoms with Crippen molar-refractivity contribution in [2.24, 2.45) is 0 Å². The second-order valence-corrected chi connectivity index (χ2v) is 5.44. The first kappa shape index (κ1) is 16.6. The van der Waals surface area contributed by atoms with E-state index in [1.54, 1.807) is 30.5 Å². The number of hydrogen-bond donors (Lipinski definition) is 1. The van der Waals surface area contributed by atoms with Crippen LogP contribution < -0.4 is 10.1 Å². The molecule has 3 aromatic rings. The summed E-state index contributed by atoms with van der Waals surface area (Å²) in [5, 5.41) is 6.59. The summed E-state index contributed by atoms with van der Waals surface area (Å²) in [6.45, 7) is 1.86. The Kier molecular flexibility index (Phi) is 4.74. The standard InChI is InChI=1S/C18H16FN3O3/c1-11-5-7-20-16(9-11)18(23)21-17(15-6-8-25-22-15)13-4-3-12(24-2)10-14(13)19/h3-10,17H,1-2H3,(H,21,23). The van der Waals surface area contributed by atoms with Gasteiger partial charge in [-0.25, -0.2) is 4.39 Å². The summed E-state index contributed by atoms with van der Waals surface area (Å²) in [6, 6.07) is 8.59. The Hall–Kier alpha value is -3.22. The van der Waals surface area contributed by atoms with Gasteiger partial charge in [-0.05, 0) is 36.8 Å². The first-order valence-electron chi connectivity index (χ1n) is 7.55. The minimum atomic E-state index is -0.820. The highest BCUT2D eigenvalue weighted by molar-refractivity contribution is 5.92. The molecule has 0 saturated heterocycles. The van der Waals surface area contributed by atoms with Gasteiger partial charge in [0.1, 0.15) is 35.3 Å². The van der Waals surface area contributed by atoms with Gasteiger partial charge in [-0.15, -0.1) is 0 Å². The summed E-state index contributed by atoms with van der Waals surface area (Å²) < 4.78 is 24.3. The third-order valence-electron chi connectivity index (χ3n) is 3.70. The van der Waals surface area contributed by atoms with Gasteiger partial charge in [0.05, 0.1) is 7.11 Å². The highest BCUT2D eigenvalue weighted by atomic mass is 19.1. The lowest BCUT2D eigenvalue weighted by atomic mass is 10.0. The Balaban J connectivity index is 1.95. The number of nitrogens with zero attached hydrogens (tertiary/aromatic N) is 2. The average Bonchev–Trinajstić information content (AvgIpc) is 3.14. The zero-order valence-corrected chi connectivity index (χ0v) is 13.7. The molecule has 0 spiro atoms. The molecule has 0 aliphatic heterocycles. The highest BCUT2D eigenvalue weighted by Gasteiger charge is 2.24. The molecule has 6 nitrogen and oxygen atoms in total. The second-order valence-electron chi connectivity index (χ2n) is 5.44. The fourth-order valence-corrected chi connectivity index (χ4v) is 2.42. The first-order valence-corrected chi connectivity index (χ1v) is 7.55. The Bertz CT molecular complexity index is 881. The average molecular weight is 341 g/mol. The lowest BCUT2D eigenvalue weighted by molar-refractivity contribution is 0.0936. The molecule has 128 valence electrons. The molecule has 0 radical (unpaired) electrons. The molecule has 3 rings (SSSR count). The van der Waals surface area contributed by atoms with Crippen LogP contribution in [0.4, 0.5) is 4.39 Å². The third kappa shape index (κ3) is 3.65. The van der Waals surface area contributed by atoms with E-state index in [1.807, 2.05) is 6.92 Å². The van der Waals surface area contributed by atoms with Gasteiger partial charge >= 0.3 is 0 Å². The predicted molar refractivity (Wildman–Crippen MR) is 87.7 cm³/mol. The number of pyridine rings is 1. The van der Waals surface area contributed by atoms with Crippen LogP contribution in [0.1, 0.15) is 33.4 Å². The van der Waals surface area contributed by atoms with Gasteiger partial charge in [0.2, 0.25) is 0 Å². The van der Waals surface area contributed by atoms with Crippen LogP contribution >= 0.6 is 0 Å². The van der Waals surface area contributed by atoms with Gasteiger partial charge in [0.15, 0.2) is 0 Å². The van der Waals surface area contributed by atoms with Crippen molar-refractivity contribution in [3.63, 3.8) is 0 Å². The maximum Gasteiger partial charge on any atom is 0.270 e. The summed E-state index contributed by atoms with van der Waals surface area (Å²) in [5.41, 5.74) is 1.76. The Morgan fingerprint density at radius 2 is 2.12 bits per heavy atom. The van der Waals surface area contributed by atoms with E-state index < -0.39 is 17.8 Å². The third-order valence-corrected chi connectivity index (χ3v) is 3.70. The molecule has 0 fully saturated rings. The molecule has 1 unspecified atom stereocenters. The molecular formula is C18H16FN3O3. The topological polar surface area (TPSA) is 77.2 Å². The van der Waals surface area contributed by atoms with E-state index in [9.17, 15) is 9.18 Å². The Morgan fingerprint density at radius 1 is 1.28 bits per heavy atom. The number of hydrogen-bond acceptors (Lipinski definition) is 5. The van der Waals surface area contributed by atoms with Crippen molar-refractivity contribution in [3.8, 4) is 5.75 Å². The monoisotopic (exact) mass is 341 g/mol. The molecule has 7 heteroatoms. The van der Waals surface area contributed by atoms with Gasteiger partial charge in [-0.2, -0.15) is 0 Å². The quantitative estimate of drug-likeness (QED) is 0.772. The first-order chi connectivity index (χ1) is 12.1. The summed E-state index contributed by atoms with van der Waals surface area (Å²) in [6.07, 6.45) is 2.91. The Labute approximate surface area is 143 Å². The van der Waals surface area contributed by atoms with Crippen LogP contribution in [0.5, 0.6) is 5.75 Å². The van der Waals surface area contributed by atoms with Crippen LogP contribution in [0.2, 0.25) is 0 Å². The molecule has 0 aliphatic carbocycles. The lowest BCUT2D eigenvalue weighted by Gasteiger charge is -2.18. The number of aryl methyl sites for hydroxylation is 1. The maximum atomic E-state index is 14.5. The molecular weight excluding hydrogens is 325 g/mol. The van der Waals surface area contributed by atoms with E-state index in [0.717, 1.165) is 5.56 Å². The summed E-state index contributed by atoms with van der Waals surface area (Å²) in [4.78, 5) is 16.6. The van der Waals surface area contributed by atoms with Crippen LogP contribution in [-0.2, 0) is 0 Å². The van der Waals surface area contributed by atoms with Crippen molar-refractivity contribution in [1.29, 1.82) is 0 Å². The van der Waals surface area contributed by atoms with Gasteiger partial charge in [-0.3, -0.25) is 9.78 Å². The van der Waals surface area contributed by atoms with Crippen molar-refractivity contribution in [3.05, 3.63) is 77.2 Å². The molecule has 0 saturated carbocycles. The number of benzene rings is 1. The number of carbonyl (C=O) groups is 1. The molecule has 25 heavy (non-hydrogen) atoms. The summed E-state index contributed by atoms with van der Waals surface area (Å²) in [7, 11) is 1.45. The zero-order chi connectivity index (χ0) is 17.8. The number of ether oxygens (including phenoxy) is 1. The summed E-state index contributed by atoms with van der Waals surface area (Å²) in [5.74, 6) is -0.580. The van der Waals surface area contributed by atoms with Gasteiger partial charge in [-0.1, -0.05) is 5.16 Å². The SMILES string of the molecule is COc1ccc(C(NC(=O)c2cc(C)ccn2)c2ccon2)c(F)c1. The van der Waals surface area contributed by atoms with Crippen LogP contribution in [-0.4, -0.2) is 23.2 Å². The lowest BCUT2D eigenvalue weighted by Crippen LogP contribution is -2.30. The van der Waals surface area contributed by atoms with E-state index in [-0.39, 0.29) is 11.3 Å². The number of amides is 1. The number of halogens is 1. The number of methoxy groups -OCH3 is 1. The second kappa shape index (κ2) is 7.12. The van der Waals surface area contributed by atoms with E-state index >= 15 is 0 Å². The van der Waals surface area contributed by atoms with Crippen LogP contribution in [0.3, 0.4) is 0 Å². The molecule has 1 atom stereocenters. The predicted octanol–water partition coefficient (Wildman–Crippen LogP) is 3.05. The van der Waals surface area contributed by atoms with Crippen LogP contribution in [0, 0.1) is 12.7 Å². The fourth-order valence-electron chi connectivity index (χ4n) is 2.42. The van der Waals surface area contributed by atoms with E-state index in [2.05, 4.69) is 15.5 Å². The van der Waals surface area contributed by atoms with Crippen molar-refractivity contribution in [1.82, 2.24) is 15.5 Å². The van der Waals surface area contributed by atoms with Gasteiger partial charge in [0, 0.05) is 23.9 Å². The van der Waals surface area contributed by atoms with Gasteiger partial charge in [0.25, 0.3) is 5.91 Å². The Morgan fingerprint density at radius 3 is 2.76 bits per heavy atom. The fraction of sp³-hybridized carbons (Fsp3) is 0.167. The van der Waals surface area contributed by atoms with Crippen LogP contribution in [0.25, 0.3) is 0 Å². The molecule has 2 aromatic heterocycles. The molecule has 1 aromatic carbocycles. The number of rotatable bonds is 5. The molecule has 1 amide bonds. The summed E-state index contributed by atoms with van der Waals surface area (Å²) >= 11 is 0. The minimum absolute atomic E-state index is 0.238. The number of aromatic nitrogens is 2. The smallest absolute Gasteiger partial charge is 0.270 e. The van der Waals surface area contributed by atoms with E-state index in [0.29, 0.717) is 11.4 Å². The number of nitrogens with one attached hydrogen (secondary N) is 1. The van der Waals surface area contributed by atoms with Crippen LogP contribution in [0.15, 0.2) is 53.4 Å². The normalized spacial score (nSPS) is 11.8. The minimum Gasteiger partial charge on any atom is -0.497 e. The molecule has 0 bridgehead atoms. The van der Waals surface area contributed by atoms with E-state index in [4.69, 9.17) is 9.26 Å². The van der Waals surface area contributed by atoms with Crippen molar-refractivity contribution >= 4 is 5.91 Å². The molecule has 2 heterocycles. The molecule has 0 aliphatic rings. The van der Waals surface area contributed by atoms with E-state index in [1.165, 1.54) is 25.5 Å². The molecule has 1 N–H and O–H groups in total. The number of carbonyl (C=O) groups excluding carboxylic acids is 1. The largest absolute Gasteiger partial charge is 0.497 e. The van der Waals surface area contributed by atoms with Gasteiger partial charge < -0.3 is 14.6 Å². The zero-order valence-electron chi connectivity index (χ0n) is 13.7.